The maximum atomic E-state index is 10.4. The van der Waals surface area contributed by atoms with Gasteiger partial charge in [0.2, 0.25) is 0 Å². The van der Waals surface area contributed by atoms with Crippen LogP contribution in [0.1, 0.15) is 12.6 Å². The molecule has 0 aliphatic heterocycles. The van der Waals surface area contributed by atoms with Gasteiger partial charge in [-0.1, -0.05) is 5.16 Å². The zero-order valence-corrected chi connectivity index (χ0v) is 5.13. The number of hydrogen-bond donors (Lipinski definition) is 0. The molecule has 3 heteroatoms. The van der Waals surface area contributed by atoms with Gasteiger partial charge in [0.15, 0.2) is 0 Å². The first-order valence-corrected chi connectivity index (χ1v) is 2.68. The van der Waals surface area contributed by atoms with E-state index in [4.69, 9.17) is 0 Å². The third-order valence-electron chi connectivity index (χ3n) is 0.921. The van der Waals surface area contributed by atoms with Crippen LogP contribution >= 0.6 is 0 Å². The molecule has 0 atom stereocenters. The molecule has 3 nitrogen and oxygen atoms in total. The van der Waals surface area contributed by atoms with Crippen molar-refractivity contribution in [2.24, 2.45) is 0 Å². The van der Waals surface area contributed by atoms with Crippen molar-refractivity contribution in [1.29, 1.82) is 0 Å². The summed E-state index contributed by atoms with van der Waals surface area (Å²) in [7, 11) is 0. The minimum atomic E-state index is 0.101. The van der Waals surface area contributed by atoms with Gasteiger partial charge in [-0.3, -0.25) is 4.79 Å². The number of carbonyl (C=O) groups excluding carboxylic acids is 1. The average Bonchev–Trinajstić information content (AvgIpc) is 2.15. The first kappa shape index (κ1) is 6.01. The molecule has 0 saturated heterocycles. The van der Waals surface area contributed by atoms with E-state index >= 15 is 0 Å². The summed E-state index contributed by atoms with van der Waals surface area (Å²) in [4.78, 5) is 10.4. The van der Waals surface area contributed by atoms with Crippen LogP contribution in [-0.2, 0) is 11.2 Å². The van der Waals surface area contributed by atoms with Gasteiger partial charge in [-0.05, 0) is 6.92 Å². The molecule has 0 aromatic carbocycles. The topological polar surface area (TPSA) is 43.1 Å². The molecule has 0 radical (unpaired) electrons. The molecule has 0 aliphatic carbocycles. The fourth-order valence-electron chi connectivity index (χ4n) is 0.584. The first-order chi connectivity index (χ1) is 4.29. The summed E-state index contributed by atoms with van der Waals surface area (Å²) in [5.74, 6) is 0.101. The molecule has 1 rings (SSSR count). The van der Waals surface area contributed by atoms with Crippen molar-refractivity contribution in [2.75, 3.05) is 0 Å². The maximum absolute atomic E-state index is 10.4. The molecule has 9 heavy (non-hydrogen) atoms. The lowest BCUT2D eigenvalue weighted by Crippen LogP contribution is -1.95. The lowest BCUT2D eigenvalue weighted by molar-refractivity contribution is -0.116. The molecule has 1 aromatic rings. The SMILES string of the molecule is CC(=O)Cc1ccon1. The molecular formula is C6H7NO2. The molecule has 0 N–H and O–H groups in total. The number of aromatic nitrogens is 1. The second-order valence-electron chi connectivity index (χ2n) is 1.87. The van der Waals surface area contributed by atoms with E-state index in [2.05, 4.69) is 9.68 Å². The Kier molecular flexibility index (Phi) is 1.63. The minimum Gasteiger partial charge on any atom is -0.364 e. The highest BCUT2D eigenvalue weighted by Crippen LogP contribution is 1.94. The lowest BCUT2D eigenvalue weighted by atomic mass is 10.2. The van der Waals surface area contributed by atoms with Crippen LogP contribution in [0.25, 0.3) is 0 Å². The monoisotopic (exact) mass is 125 g/mol. The molecule has 0 saturated carbocycles. The van der Waals surface area contributed by atoms with Gasteiger partial charge < -0.3 is 4.52 Å². The summed E-state index contributed by atoms with van der Waals surface area (Å²) in [6.45, 7) is 1.52. The Morgan fingerprint density at radius 3 is 3.11 bits per heavy atom. The minimum absolute atomic E-state index is 0.101. The number of hydrogen-bond acceptors (Lipinski definition) is 3. The van der Waals surface area contributed by atoms with Crippen LogP contribution in [0.15, 0.2) is 16.9 Å². The van der Waals surface area contributed by atoms with Gasteiger partial charge in [-0.15, -0.1) is 0 Å². The van der Waals surface area contributed by atoms with Crippen LogP contribution in [0, 0.1) is 0 Å². The van der Waals surface area contributed by atoms with E-state index in [-0.39, 0.29) is 5.78 Å². The van der Waals surface area contributed by atoms with Crippen LogP contribution in [0.5, 0.6) is 0 Å². The summed E-state index contributed by atoms with van der Waals surface area (Å²) >= 11 is 0. The lowest BCUT2D eigenvalue weighted by Gasteiger charge is -1.83. The zero-order chi connectivity index (χ0) is 6.69. The van der Waals surface area contributed by atoms with Crippen molar-refractivity contribution < 1.29 is 9.32 Å². The number of rotatable bonds is 2. The van der Waals surface area contributed by atoms with Crippen molar-refractivity contribution in [2.45, 2.75) is 13.3 Å². The summed E-state index contributed by atoms with van der Waals surface area (Å²) in [6, 6.07) is 1.68. The Labute approximate surface area is 52.7 Å². The number of ketones is 1. The Morgan fingerprint density at radius 2 is 2.67 bits per heavy atom. The Balaban J connectivity index is 2.58. The summed E-state index contributed by atoms with van der Waals surface area (Å²) < 4.78 is 4.51. The quantitative estimate of drug-likeness (QED) is 0.587. The predicted molar refractivity (Wildman–Crippen MR) is 30.9 cm³/mol. The predicted octanol–water partition coefficient (Wildman–Crippen LogP) is 0.806. The maximum Gasteiger partial charge on any atom is 0.135 e. The number of nitrogens with zero attached hydrogens (tertiary/aromatic N) is 1. The third-order valence-corrected chi connectivity index (χ3v) is 0.921. The van der Waals surface area contributed by atoms with Crippen molar-refractivity contribution in [3.63, 3.8) is 0 Å². The highest BCUT2D eigenvalue weighted by atomic mass is 16.5. The van der Waals surface area contributed by atoms with Gasteiger partial charge in [0.05, 0.1) is 12.1 Å². The Hall–Kier alpha value is -1.12. The van der Waals surface area contributed by atoms with Crippen molar-refractivity contribution in [1.82, 2.24) is 5.16 Å². The first-order valence-electron chi connectivity index (χ1n) is 2.68. The Bertz CT molecular complexity index is 191. The van der Waals surface area contributed by atoms with E-state index in [1.54, 1.807) is 6.07 Å². The second-order valence-corrected chi connectivity index (χ2v) is 1.87. The van der Waals surface area contributed by atoms with Crippen LogP contribution in [0.2, 0.25) is 0 Å². The third kappa shape index (κ3) is 1.68. The fraction of sp³-hybridized carbons (Fsp3) is 0.333. The summed E-state index contributed by atoms with van der Waals surface area (Å²) in [5, 5.41) is 3.56. The highest BCUT2D eigenvalue weighted by molar-refractivity contribution is 5.77. The van der Waals surface area contributed by atoms with Gasteiger partial charge in [-0.25, -0.2) is 0 Å². The molecule has 0 fully saturated rings. The van der Waals surface area contributed by atoms with Crippen molar-refractivity contribution in [3.8, 4) is 0 Å². The van der Waals surface area contributed by atoms with Crippen LogP contribution < -0.4 is 0 Å². The molecule has 48 valence electrons. The second kappa shape index (κ2) is 2.44. The summed E-state index contributed by atoms with van der Waals surface area (Å²) in [5.41, 5.74) is 0.697. The molecule has 0 spiro atoms. The van der Waals surface area contributed by atoms with Gasteiger partial charge in [0.25, 0.3) is 0 Å². The number of carbonyl (C=O) groups is 1. The van der Waals surface area contributed by atoms with E-state index in [1.165, 1.54) is 13.2 Å². The molecule has 0 bridgehead atoms. The largest absolute Gasteiger partial charge is 0.364 e. The fourth-order valence-corrected chi connectivity index (χ4v) is 0.584. The summed E-state index contributed by atoms with van der Waals surface area (Å²) in [6.07, 6.45) is 1.83. The highest BCUT2D eigenvalue weighted by Gasteiger charge is 1.98. The number of Topliss-reactive ketones (excluding diaryl/α,β-unsaturated/α-hetero) is 1. The Morgan fingerprint density at radius 1 is 1.89 bits per heavy atom. The van der Waals surface area contributed by atoms with E-state index in [1.807, 2.05) is 0 Å². The van der Waals surface area contributed by atoms with Gasteiger partial charge in [0, 0.05) is 6.07 Å². The van der Waals surface area contributed by atoms with Crippen molar-refractivity contribution in [3.05, 3.63) is 18.0 Å². The van der Waals surface area contributed by atoms with E-state index in [0.717, 1.165) is 0 Å². The van der Waals surface area contributed by atoms with Gasteiger partial charge in [0.1, 0.15) is 12.0 Å². The normalized spacial score (nSPS) is 9.44. The van der Waals surface area contributed by atoms with E-state index in [9.17, 15) is 4.79 Å². The molecule has 0 unspecified atom stereocenters. The molecule has 1 heterocycles. The molecule has 0 aliphatic rings. The zero-order valence-electron chi connectivity index (χ0n) is 5.13. The van der Waals surface area contributed by atoms with Gasteiger partial charge >= 0.3 is 0 Å². The van der Waals surface area contributed by atoms with E-state index < -0.39 is 0 Å². The van der Waals surface area contributed by atoms with E-state index in [0.29, 0.717) is 12.1 Å². The standard InChI is InChI=1S/C6H7NO2/c1-5(8)4-6-2-3-9-7-6/h2-3H,4H2,1H3. The molecule has 1 aromatic heterocycles. The van der Waals surface area contributed by atoms with Crippen LogP contribution in [0.4, 0.5) is 0 Å². The van der Waals surface area contributed by atoms with Crippen molar-refractivity contribution >= 4 is 5.78 Å². The van der Waals surface area contributed by atoms with Gasteiger partial charge in [-0.2, -0.15) is 0 Å². The molecule has 0 amide bonds. The van der Waals surface area contributed by atoms with Crippen LogP contribution in [-0.4, -0.2) is 10.9 Å². The smallest absolute Gasteiger partial charge is 0.135 e. The molecular weight excluding hydrogens is 118 g/mol. The van der Waals surface area contributed by atoms with Crippen LogP contribution in [0.3, 0.4) is 0 Å². The average molecular weight is 125 g/mol.